The SMILES string of the molecule is COc1cc(-c2cn(C)c(=O)c3cnccc23)cc(OC)c1CN1CCN(Cc2cccc3c2CCN(C(=O)/C(C#N)=C/c2c(F)cccc2F)C3C)CC1. The van der Waals surface area contributed by atoms with E-state index in [1.54, 1.807) is 43.1 Å². The summed E-state index contributed by atoms with van der Waals surface area (Å²) in [6.07, 6.45) is 6.73. The average molecular weight is 745 g/mol. The van der Waals surface area contributed by atoms with E-state index in [1.807, 2.05) is 49.5 Å². The molecule has 0 N–H and O–H groups in total. The minimum absolute atomic E-state index is 0.108. The molecular weight excluding hydrogens is 703 g/mol. The number of halogens is 2. The quantitative estimate of drug-likeness (QED) is 0.129. The van der Waals surface area contributed by atoms with Crippen LogP contribution in [0.25, 0.3) is 28.0 Å². The van der Waals surface area contributed by atoms with E-state index in [2.05, 4.69) is 20.9 Å². The molecule has 0 spiro atoms. The number of rotatable bonds is 9. The fourth-order valence-corrected chi connectivity index (χ4v) is 7.87. The molecule has 10 nitrogen and oxygen atoms in total. The lowest BCUT2D eigenvalue weighted by molar-refractivity contribution is -0.129. The molecule has 0 aliphatic carbocycles. The molecular formula is C43H42F2N6O4. The fourth-order valence-electron chi connectivity index (χ4n) is 7.87. The van der Waals surface area contributed by atoms with Crippen LogP contribution in [0.2, 0.25) is 0 Å². The van der Waals surface area contributed by atoms with Gasteiger partial charge in [-0.25, -0.2) is 8.78 Å². The van der Waals surface area contributed by atoms with Crippen LogP contribution in [0, 0.1) is 23.0 Å². The van der Waals surface area contributed by atoms with Crippen molar-refractivity contribution in [2.45, 2.75) is 32.5 Å². The Morgan fingerprint density at radius 1 is 0.945 bits per heavy atom. The minimum atomic E-state index is -0.831. The Balaban J connectivity index is 1.03. The van der Waals surface area contributed by atoms with Gasteiger partial charge in [-0.15, -0.1) is 0 Å². The molecule has 1 fully saturated rings. The highest BCUT2D eigenvalue weighted by molar-refractivity contribution is 6.02. The molecule has 4 heterocycles. The van der Waals surface area contributed by atoms with Crippen molar-refractivity contribution in [1.29, 1.82) is 5.26 Å². The molecule has 2 aliphatic heterocycles. The molecule has 0 saturated carbocycles. The Bertz CT molecular complexity index is 2370. The number of carbonyl (C=O) groups is 1. The van der Waals surface area contributed by atoms with E-state index in [9.17, 15) is 23.6 Å². The van der Waals surface area contributed by atoms with Gasteiger partial charge in [0, 0.05) is 82.6 Å². The van der Waals surface area contributed by atoms with E-state index in [-0.39, 0.29) is 17.2 Å². The number of pyridine rings is 2. The third kappa shape index (κ3) is 7.33. The second-order valence-electron chi connectivity index (χ2n) is 14.0. The summed E-state index contributed by atoms with van der Waals surface area (Å²) >= 11 is 0. The summed E-state index contributed by atoms with van der Waals surface area (Å²) in [4.78, 5) is 36.9. The van der Waals surface area contributed by atoms with Crippen LogP contribution in [0.5, 0.6) is 11.5 Å². The van der Waals surface area contributed by atoms with Gasteiger partial charge in [0.15, 0.2) is 0 Å². The van der Waals surface area contributed by atoms with E-state index in [0.29, 0.717) is 36.4 Å². The van der Waals surface area contributed by atoms with Gasteiger partial charge in [-0.05, 0) is 77.4 Å². The molecule has 7 rings (SSSR count). The third-order valence-corrected chi connectivity index (χ3v) is 10.9. The Labute approximate surface area is 318 Å². The van der Waals surface area contributed by atoms with Gasteiger partial charge in [0.2, 0.25) is 0 Å². The number of hydrogen-bond donors (Lipinski definition) is 0. The van der Waals surface area contributed by atoms with Crippen LogP contribution in [0.1, 0.15) is 40.8 Å². The number of piperazine rings is 1. The Morgan fingerprint density at radius 3 is 2.25 bits per heavy atom. The van der Waals surface area contributed by atoms with Gasteiger partial charge in [-0.2, -0.15) is 5.26 Å². The van der Waals surface area contributed by atoms with E-state index >= 15 is 0 Å². The number of nitrogens with zero attached hydrogens (tertiary/aromatic N) is 6. The molecule has 0 bridgehead atoms. The van der Waals surface area contributed by atoms with Crippen LogP contribution in [0.15, 0.2) is 83.6 Å². The first-order chi connectivity index (χ1) is 26.6. The van der Waals surface area contributed by atoms with Crippen LogP contribution in [0.4, 0.5) is 8.78 Å². The number of ether oxygens (including phenoxy) is 2. The number of aryl methyl sites for hydroxylation is 1. The number of aromatic nitrogens is 2. The van der Waals surface area contributed by atoms with Crippen LogP contribution < -0.4 is 15.0 Å². The van der Waals surface area contributed by atoms with Crippen LogP contribution in [-0.4, -0.2) is 77.1 Å². The smallest absolute Gasteiger partial charge is 0.265 e. The van der Waals surface area contributed by atoms with Gasteiger partial charge >= 0.3 is 0 Å². The zero-order valence-electron chi connectivity index (χ0n) is 31.3. The molecule has 2 aromatic heterocycles. The maximum atomic E-state index is 14.3. The van der Waals surface area contributed by atoms with E-state index in [1.165, 1.54) is 17.2 Å². The molecule has 5 aromatic rings. The topological polar surface area (TPSA) is 104 Å². The molecule has 1 unspecified atom stereocenters. The molecule has 2 aliphatic rings. The highest BCUT2D eigenvalue weighted by atomic mass is 19.1. The standard InChI is InChI=1S/C43H42F2N6O4/c1-27-31-8-5-7-28(32(31)12-14-51(27)42(52)30(22-46)19-34-38(44)9-6-10-39(34)45)24-49-15-17-50(18-16-49)26-37-40(54-3)20-29(21-41(37)55-4)36-25-48(2)43(53)35-23-47-13-11-33(35)36/h5-11,13,19-21,23,25,27H,12,14-18,24,26H2,1-4H3/b30-19+. The van der Waals surface area contributed by atoms with Crippen molar-refractivity contribution < 1.29 is 23.0 Å². The largest absolute Gasteiger partial charge is 0.496 e. The Kier molecular flexibility index (Phi) is 10.8. The van der Waals surface area contributed by atoms with Crippen LogP contribution in [0.3, 0.4) is 0 Å². The summed E-state index contributed by atoms with van der Waals surface area (Å²) in [7, 11) is 5.05. The maximum absolute atomic E-state index is 14.3. The van der Waals surface area contributed by atoms with Crippen molar-refractivity contribution in [1.82, 2.24) is 24.3 Å². The highest BCUT2D eigenvalue weighted by Gasteiger charge is 2.31. The van der Waals surface area contributed by atoms with Gasteiger partial charge in [0.1, 0.15) is 34.8 Å². The molecule has 1 amide bonds. The van der Waals surface area contributed by atoms with Crippen LogP contribution >= 0.6 is 0 Å². The van der Waals surface area contributed by atoms with Gasteiger partial charge in [0.25, 0.3) is 11.5 Å². The number of nitriles is 1. The summed E-state index contributed by atoms with van der Waals surface area (Å²) < 4.78 is 42.1. The van der Waals surface area contributed by atoms with Crippen molar-refractivity contribution in [2.75, 3.05) is 46.9 Å². The molecule has 282 valence electrons. The van der Waals surface area contributed by atoms with Gasteiger partial charge in [-0.3, -0.25) is 24.4 Å². The van der Waals surface area contributed by atoms with E-state index < -0.39 is 23.1 Å². The number of amides is 1. The molecule has 12 heteroatoms. The number of carbonyl (C=O) groups excluding carboxylic acids is 1. The van der Waals surface area contributed by atoms with Gasteiger partial charge in [0.05, 0.1) is 31.2 Å². The van der Waals surface area contributed by atoms with Gasteiger partial charge < -0.3 is 18.9 Å². The third-order valence-electron chi connectivity index (χ3n) is 10.9. The first kappa shape index (κ1) is 37.4. The lowest BCUT2D eigenvalue weighted by Crippen LogP contribution is -2.45. The first-order valence-corrected chi connectivity index (χ1v) is 18.2. The number of methoxy groups -OCH3 is 2. The monoisotopic (exact) mass is 744 g/mol. The van der Waals surface area contributed by atoms with Crippen molar-refractivity contribution in [3.63, 3.8) is 0 Å². The second kappa shape index (κ2) is 15.8. The number of fused-ring (bicyclic) bond motifs is 2. The summed E-state index contributed by atoms with van der Waals surface area (Å²) in [5.74, 6) is -0.791. The molecule has 1 atom stereocenters. The summed E-state index contributed by atoms with van der Waals surface area (Å²) in [5.41, 5.74) is 5.30. The summed E-state index contributed by atoms with van der Waals surface area (Å²) in [6, 6.07) is 17.0. The van der Waals surface area contributed by atoms with Crippen LogP contribution in [-0.2, 0) is 31.4 Å². The Hall–Kier alpha value is -5.90. The first-order valence-electron chi connectivity index (χ1n) is 18.2. The zero-order chi connectivity index (χ0) is 38.8. The normalized spacial score (nSPS) is 16.5. The fraction of sp³-hybridized carbons (Fsp3) is 0.302. The Morgan fingerprint density at radius 2 is 1.60 bits per heavy atom. The van der Waals surface area contributed by atoms with Crippen molar-refractivity contribution >= 4 is 22.8 Å². The molecule has 55 heavy (non-hydrogen) atoms. The lowest BCUT2D eigenvalue weighted by atomic mass is 9.89. The van der Waals surface area contributed by atoms with Crippen molar-refractivity contribution in [2.24, 2.45) is 7.05 Å². The molecule has 0 radical (unpaired) electrons. The molecule has 3 aromatic carbocycles. The zero-order valence-corrected chi connectivity index (χ0v) is 31.3. The molecule has 1 saturated heterocycles. The van der Waals surface area contributed by atoms with Crippen molar-refractivity contribution in [3.05, 3.63) is 129 Å². The summed E-state index contributed by atoms with van der Waals surface area (Å²) in [6.45, 7) is 7.10. The summed E-state index contributed by atoms with van der Waals surface area (Å²) in [5, 5.41) is 11.1. The maximum Gasteiger partial charge on any atom is 0.265 e. The predicted octanol–water partition coefficient (Wildman–Crippen LogP) is 6.27. The van der Waals surface area contributed by atoms with E-state index in [0.717, 1.165) is 78.6 Å². The van der Waals surface area contributed by atoms with Gasteiger partial charge in [-0.1, -0.05) is 24.3 Å². The number of benzene rings is 3. The number of hydrogen-bond acceptors (Lipinski definition) is 8. The average Bonchev–Trinajstić information content (AvgIpc) is 3.20. The highest BCUT2D eigenvalue weighted by Crippen LogP contribution is 2.38. The predicted molar refractivity (Wildman–Crippen MR) is 206 cm³/mol. The second-order valence-corrected chi connectivity index (χ2v) is 14.0. The lowest BCUT2D eigenvalue weighted by Gasteiger charge is -2.38. The van der Waals surface area contributed by atoms with Crippen molar-refractivity contribution in [3.8, 4) is 28.7 Å². The van der Waals surface area contributed by atoms with E-state index in [4.69, 9.17) is 9.47 Å². The minimum Gasteiger partial charge on any atom is -0.496 e.